The number of hydrogen-bond donors (Lipinski definition) is 1. The summed E-state index contributed by atoms with van der Waals surface area (Å²) in [4.78, 5) is 14.5. The first-order chi connectivity index (χ1) is 15.0. The third-order valence-corrected chi connectivity index (χ3v) is 7.72. The SMILES string of the molecule is CCNC(=O)[C@@H]1CN(c2ccc(C#N)c(C(F)(F)F)c2)C[C@H]1C1CCN(S(C)(=O)=O)CC1. The number of rotatable bonds is 5. The maximum atomic E-state index is 13.4. The Bertz CT molecular complexity index is 999. The van der Waals surface area contributed by atoms with Crippen LogP contribution in [0.3, 0.4) is 0 Å². The number of sulfonamides is 1. The van der Waals surface area contributed by atoms with E-state index in [1.807, 2.05) is 0 Å². The molecule has 32 heavy (non-hydrogen) atoms. The second kappa shape index (κ2) is 9.27. The molecule has 0 aromatic heterocycles. The number of hydrogen-bond acceptors (Lipinski definition) is 5. The molecule has 0 aliphatic carbocycles. The van der Waals surface area contributed by atoms with Crippen molar-refractivity contribution < 1.29 is 26.4 Å². The number of piperidine rings is 1. The molecule has 176 valence electrons. The number of nitrogens with one attached hydrogen (secondary N) is 1. The van der Waals surface area contributed by atoms with E-state index in [1.165, 1.54) is 16.6 Å². The summed E-state index contributed by atoms with van der Waals surface area (Å²) in [5.74, 6) is -0.565. The molecule has 2 aliphatic rings. The molecular weight excluding hydrogens is 445 g/mol. The fourth-order valence-electron chi connectivity index (χ4n) is 4.80. The van der Waals surface area contributed by atoms with Gasteiger partial charge < -0.3 is 10.2 Å². The molecule has 3 rings (SSSR count). The Balaban J connectivity index is 1.85. The lowest BCUT2D eigenvalue weighted by atomic mass is 9.78. The van der Waals surface area contributed by atoms with Crippen LogP contribution < -0.4 is 10.2 Å². The molecule has 11 heteroatoms. The molecule has 0 saturated carbocycles. The zero-order valence-corrected chi connectivity index (χ0v) is 18.8. The minimum absolute atomic E-state index is 0.0890. The van der Waals surface area contributed by atoms with Gasteiger partial charge in [0.25, 0.3) is 0 Å². The van der Waals surface area contributed by atoms with Crippen LogP contribution in [-0.2, 0) is 21.0 Å². The summed E-state index contributed by atoms with van der Waals surface area (Å²) in [7, 11) is -3.28. The van der Waals surface area contributed by atoms with Crippen LogP contribution >= 0.6 is 0 Å². The summed E-state index contributed by atoms with van der Waals surface area (Å²) in [6.07, 6.45) is -2.28. The fourth-order valence-corrected chi connectivity index (χ4v) is 5.67. The van der Waals surface area contributed by atoms with Gasteiger partial charge in [0, 0.05) is 38.4 Å². The summed E-state index contributed by atoms with van der Waals surface area (Å²) in [6.45, 7) is 3.67. The molecular formula is C21H27F3N4O3S. The fraction of sp³-hybridized carbons (Fsp3) is 0.619. The standard InChI is InChI=1S/C21H27F3N4O3S/c1-3-26-20(29)18-13-27(16-5-4-15(11-25)19(10-16)21(22,23)24)12-17(18)14-6-8-28(9-7-14)32(2,30)31/h4-5,10,14,17-18H,3,6-9,12-13H2,1-2H3,(H,26,29)/t17-,18+/m0/s1. The molecule has 7 nitrogen and oxygen atoms in total. The maximum absolute atomic E-state index is 13.4. The van der Waals surface area contributed by atoms with Crippen LogP contribution in [0.15, 0.2) is 18.2 Å². The highest BCUT2D eigenvalue weighted by Gasteiger charge is 2.43. The van der Waals surface area contributed by atoms with E-state index in [-0.39, 0.29) is 24.3 Å². The predicted molar refractivity (Wildman–Crippen MR) is 113 cm³/mol. The van der Waals surface area contributed by atoms with Crippen LogP contribution in [0.25, 0.3) is 0 Å². The van der Waals surface area contributed by atoms with Crippen molar-refractivity contribution in [3.63, 3.8) is 0 Å². The highest BCUT2D eigenvalue weighted by molar-refractivity contribution is 7.88. The van der Waals surface area contributed by atoms with Crippen molar-refractivity contribution in [1.29, 1.82) is 5.26 Å². The molecule has 0 bridgehead atoms. The Kier molecular flexibility index (Phi) is 7.05. The molecule has 0 radical (unpaired) electrons. The van der Waals surface area contributed by atoms with Gasteiger partial charge in [-0.25, -0.2) is 12.7 Å². The Labute approximate surface area is 186 Å². The summed E-state index contributed by atoms with van der Waals surface area (Å²) in [5.41, 5.74) is -1.11. The lowest BCUT2D eigenvalue weighted by molar-refractivity contribution is -0.137. The number of carbonyl (C=O) groups excluding carboxylic acids is 1. The summed E-state index contributed by atoms with van der Waals surface area (Å²) in [5, 5.41) is 11.9. The smallest absolute Gasteiger partial charge is 0.370 e. The first-order valence-electron chi connectivity index (χ1n) is 10.5. The van der Waals surface area contributed by atoms with Crippen molar-refractivity contribution in [3.05, 3.63) is 29.3 Å². The summed E-state index contributed by atoms with van der Waals surface area (Å²) >= 11 is 0. The summed E-state index contributed by atoms with van der Waals surface area (Å²) < 4.78 is 65.3. The minimum atomic E-state index is -4.66. The number of carbonyl (C=O) groups is 1. The maximum Gasteiger partial charge on any atom is 0.417 e. The number of nitrogens with zero attached hydrogens (tertiary/aromatic N) is 3. The monoisotopic (exact) mass is 472 g/mol. The van der Waals surface area contributed by atoms with Crippen molar-refractivity contribution in [2.24, 2.45) is 17.8 Å². The van der Waals surface area contributed by atoms with Crippen LogP contribution in [0.5, 0.6) is 0 Å². The van der Waals surface area contributed by atoms with Crippen LogP contribution in [-0.4, -0.2) is 57.6 Å². The molecule has 0 spiro atoms. The highest BCUT2D eigenvalue weighted by Crippen LogP contribution is 2.40. The minimum Gasteiger partial charge on any atom is -0.370 e. The second-order valence-corrected chi connectivity index (χ2v) is 10.4. The van der Waals surface area contributed by atoms with E-state index >= 15 is 0 Å². The Morgan fingerprint density at radius 1 is 1.25 bits per heavy atom. The molecule has 1 N–H and O–H groups in total. The Morgan fingerprint density at radius 2 is 1.91 bits per heavy atom. The van der Waals surface area contributed by atoms with Crippen molar-refractivity contribution in [3.8, 4) is 6.07 Å². The van der Waals surface area contributed by atoms with Crippen molar-refractivity contribution >= 4 is 21.6 Å². The molecule has 1 amide bonds. The largest absolute Gasteiger partial charge is 0.417 e. The first-order valence-corrected chi connectivity index (χ1v) is 12.4. The predicted octanol–water partition coefficient (Wildman–Crippen LogP) is 2.44. The molecule has 1 aromatic carbocycles. The zero-order valence-electron chi connectivity index (χ0n) is 18.0. The normalized spacial score (nSPS) is 23.2. The van der Waals surface area contributed by atoms with Gasteiger partial charge in [0.05, 0.1) is 29.4 Å². The van der Waals surface area contributed by atoms with Gasteiger partial charge in [0.2, 0.25) is 15.9 Å². The molecule has 1 aromatic rings. The van der Waals surface area contributed by atoms with Gasteiger partial charge in [-0.15, -0.1) is 0 Å². The lowest BCUT2D eigenvalue weighted by Crippen LogP contribution is -2.43. The highest BCUT2D eigenvalue weighted by atomic mass is 32.2. The van der Waals surface area contributed by atoms with Gasteiger partial charge in [0.1, 0.15) is 0 Å². The molecule has 2 atom stereocenters. The molecule has 2 aliphatic heterocycles. The second-order valence-electron chi connectivity index (χ2n) is 8.41. The number of nitriles is 1. The molecule has 0 unspecified atom stereocenters. The van der Waals surface area contributed by atoms with E-state index in [2.05, 4.69) is 5.32 Å². The molecule has 2 fully saturated rings. The van der Waals surface area contributed by atoms with Gasteiger partial charge in [-0.1, -0.05) is 0 Å². The van der Waals surface area contributed by atoms with Crippen molar-refractivity contribution in [2.75, 3.05) is 43.9 Å². The molecule has 2 heterocycles. The van der Waals surface area contributed by atoms with Gasteiger partial charge in [-0.3, -0.25) is 4.79 Å². The van der Waals surface area contributed by atoms with E-state index in [9.17, 15) is 26.4 Å². The Hall–Kier alpha value is -2.32. The van der Waals surface area contributed by atoms with Gasteiger partial charge in [-0.2, -0.15) is 18.4 Å². The van der Waals surface area contributed by atoms with Crippen molar-refractivity contribution in [2.45, 2.75) is 25.9 Å². The van der Waals surface area contributed by atoms with Crippen molar-refractivity contribution in [1.82, 2.24) is 9.62 Å². The van der Waals surface area contributed by atoms with Crippen LogP contribution in [0.4, 0.5) is 18.9 Å². The van der Waals surface area contributed by atoms with E-state index in [4.69, 9.17) is 5.26 Å². The average molecular weight is 473 g/mol. The number of halogens is 3. The van der Waals surface area contributed by atoms with E-state index < -0.39 is 33.2 Å². The first kappa shape index (κ1) is 24.3. The number of anilines is 1. The van der Waals surface area contributed by atoms with Crippen LogP contribution in [0, 0.1) is 29.1 Å². The van der Waals surface area contributed by atoms with Gasteiger partial charge in [0.15, 0.2) is 0 Å². The third kappa shape index (κ3) is 5.18. The summed E-state index contributed by atoms with van der Waals surface area (Å²) in [6, 6.07) is 5.21. The topological polar surface area (TPSA) is 93.5 Å². The quantitative estimate of drug-likeness (QED) is 0.711. The van der Waals surface area contributed by atoms with Crippen LogP contribution in [0.1, 0.15) is 30.9 Å². The average Bonchev–Trinajstić information content (AvgIpc) is 3.18. The van der Waals surface area contributed by atoms with Gasteiger partial charge in [-0.05, 0) is 49.8 Å². The van der Waals surface area contributed by atoms with E-state index in [1.54, 1.807) is 17.9 Å². The lowest BCUT2D eigenvalue weighted by Gasteiger charge is -2.35. The number of alkyl halides is 3. The van der Waals surface area contributed by atoms with Crippen LogP contribution in [0.2, 0.25) is 0 Å². The van der Waals surface area contributed by atoms with Gasteiger partial charge >= 0.3 is 6.18 Å². The zero-order chi connectivity index (χ0) is 23.7. The number of benzene rings is 1. The van der Waals surface area contributed by atoms with E-state index in [0.717, 1.165) is 12.1 Å². The number of amides is 1. The van der Waals surface area contributed by atoms with E-state index in [0.29, 0.717) is 44.7 Å². The molecule has 2 saturated heterocycles. The third-order valence-electron chi connectivity index (χ3n) is 6.42. The Morgan fingerprint density at radius 3 is 2.44 bits per heavy atom.